The van der Waals surface area contributed by atoms with E-state index in [0.29, 0.717) is 25.3 Å². The maximum absolute atomic E-state index is 12.9. The highest BCUT2D eigenvalue weighted by Crippen LogP contribution is 2.27. The van der Waals surface area contributed by atoms with Crippen molar-refractivity contribution in [2.45, 2.75) is 46.5 Å². The normalized spacial score (nSPS) is 20.1. The topological polar surface area (TPSA) is 51.7 Å². The first-order valence-electron chi connectivity index (χ1n) is 9.01. The lowest BCUT2D eigenvalue weighted by atomic mass is 10.0. The Labute approximate surface area is 155 Å². The van der Waals surface area contributed by atoms with E-state index in [0.717, 1.165) is 22.4 Å². The fraction of sp³-hybridized carbons (Fsp3) is 0.429. The average molecular weight is 354 g/mol. The molecule has 0 bridgehead atoms. The standard InChI is InChI=1S/C21H26N2O3/c1-14-8-19(21(24)23-11-16(3)26-17(4)12-23)9-15(2)20(14)25-13-18-6-5-7-22-10-18/h5-10,16-17H,11-13H2,1-4H3. The third-order valence-corrected chi connectivity index (χ3v) is 4.52. The van der Waals surface area contributed by atoms with E-state index in [1.165, 1.54) is 0 Å². The lowest BCUT2D eigenvalue weighted by molar-refractivity contribution is -0.0586. The fourth-order valence-electron chi connectivity index (χ4n) is 3.47. The van der Waals surface area contributed by atoms with E-state index < -0.39 is 0 Å². The number of aryl methyl sites for hydroxylation is 2. The molecule has 0 aliphatic carbocycles. The minimum atomic E-state index is 0.0528. The first-order valence-corrected chi connectivity index (χ1v) is 9.01. The van der Waals surface area contributed by atoms with E-state index in [4.69, 9.17) is 9.47 Å². The van der Waals surface area contributed by atoms with E-state index in [1.807, 2.05) is 56.9 Å². The molecule has 2 atom stereocenters. The predicted molar refractivity (Wildman–Crippen MR) is 100 cm³/mol. The highest BCUT2D eigenvalue weighted by Gasteiger charge is 2.27. The van der Waals surface area contributed by atoms with Crippen molar-refractivity contribution in [1.82, 2.24) is 9.88 Å². The van der Waals surface area contributed by atoms with Gasteiger partial charge >= 0.3 is 0 Å². The molecule has 1 aliphatic heterocycles. The Balaban J connectivity index is 1.75. The van der Waals surface area contributed by atoms with Crippen molar-refractivity contribution in [2.75, 3.05) is 13.1 Å². The van der Waals surface area contributed by atoms with Gasteiger partial charge in [0.15, 0.2) is 0 Å². The summed E-state index contributed by atoms with van der Waals surface area (Å²) in [5.74, 6) is 0.881. The lowest BCUT2D eigenvalue weighted by Gasteiger charge is -2.35. The van der Waals surface area contributed by atoms with Crippen LogP contribution in [-0.4, -0.2) is 41.1 Å². The van der Waals surface area contributed by atoms with E-state index in [2.05, 4.69) is 4.98 Å². The Bertz CT molecular complexity index is 743. The number of nitrogens with zero attached hydrogens (tertiary/aromatic N) is 2. The second kappa shape index (κ2) is 7.87. The number of morpholine rings is 1. The van der Waals surface area contributed by atoms with Gasteiger partial charge in [-0.05, 0) is 57.0 Å². The summed E-state index contributed by atoms with van der Waals surface area (Å²) in [6.45, 7) is 9.67. The molecule has 0 spiro atoms. The van der Waals surface area contributed by atoms with Gasteiger partial charge in [-0.25, -0.2) is 0 Å². The van der Waals surface area contributed by atoms with E-state index in [9.17, 15) is 4.79 Å². The van der Waals surface area contributed by atoms with Crippen molar-refractivity contribution in [3.63, 3.8) is 0 Å². The molecule has 0 saturated carbocycles. The molecule has 1 aliphatic rings. The van der Waals surface area contributed by atoms with Gasteiger partial charge in [-0.3, -0.25) is 9.78 Å². The molecular weight excluding hydrogens is 328 g/mol. The number of hydrogen-bond donors (Lipinski definition) is 0. The van der Waals surface area contributed by atoms with Gasteiger partial charge in [-0.15, -0.1) is 0 Å². The minimum absolute atomic E-state index is 0.0528. The van der Waals surface area contributed by atoms with Gasteiger partial charge in [0.1, 0.15) is 12.4 Å². The molecule has 1 aromatic carbocycles. The van der Waals surface area contributed by atoms with Gasteiger partial charge in [0.2, 0.25) is 0 Å². The molecule has 0 radical (unpaired) electrons. The number of amides is 1. The molecule has 1 amide bonds. The smallest absolute Gasteiger partial charge is 0.254 e. The molecular formula is C21H26N2O3. The van der Waals surface area contributed by atoms with Gasteiger partial charge < -0.3 is 14.4 Å². The van der Waals surface area contributed by atoms with Gasteiger partial charge in [0, 0.05) is 36.6 Å². The van der Waals surface area contributed by atoms with Crippen LogP contribution in [0.5, 0.6) is 5.75 Å². The summed E-state index contributed by atoms with van der Waals surface area (Å²) < 4.78 is 11.7. The summed E-state index contributed by atoms with van der Waals surface area (Å²) in [6.07, 6.45) is 3.66. The molecule has 1 aromatic heterocycles. The maximum Gasteiger partial charge on any atom is 0.254 e. The summed E-state index contributed by atoms with van der Waals surface area (Å²) in [5, 5.41) is 0. The molecule has 5 heteroatoms. The van der Waals surface area contributed by atoms with Crippen molar-refractivity contribution in [1.29, 1.82) is 0 Å². The van der Waals surface area contributed by atoms with Crippen molar-refractivity contribution in [3.8, 4) is 5.75 Å². The monoisotopic (exact) mass is 354 g/mol. The van der Waals surface area contributed by atoms with E-state index in [-0.39, 0.29) is 18.1 Å². The van der Waals surface area contributed by atoms with Crippen LogP contribution < -0.4 is 4.74 Å². The summed E-state index contributed by atoms with van der Waals surface area (Å²) in [7, 11) is 0. The molecule has 2 aromatic rings. The number of benzene rings is 1. The Kier molecular flexibility index (Phi) is 5.57. The number of aromatic nitrogens is 1. The quantitative estimate of drug-likeness (QED) is 0.843. The third-order valence-electron chi connectivity index (χ3n) is 4.52. The highest BCUT2D eigenvalue weighted by molar-refractivity contribution is 5.95. The zero-order valence-electron chi connectivity index (χ0n) is 15.9. The van der Waals surface area contributed by atoms with E-state index >= 15 is 0 Å². The Morgan fingerprint density at radius 3 is 2.46 bits per heavy atom. The molecule has 3 rings (SSSR count). The molecule has 138 valence electrons. The molecule has 26 heavy (non-hydrogen) atoms. The zero-order chi connectivity index (χ0) is 18.7. The Morgan fingerprint density at radius 2 is 1.88 bits per heavy atom. The van der Waals surface area contributed by atoms with Crippen LogP contribution in [0.1, 0.15) is 40.9 Å². The van der Waals surface area contributed by atoms with Crippen molar-refractivity contribution in [2.24, 2.45) is 0 Å². The Hall–Kier alpha value is -2.40. The number of pyridine rings is 1. The van der Waals surface area contributed by atoms with Crippen LogP contribution in [0.4, 0.5) is 0 Å². The van der Waals surface area contributed by atoms with Crippen LogP contribution in [0.2, 0.25) is 0 Å². The van der Waals surface area contributed by atoms with Crippen LogP contribution in [0, 0.1) is 13.8 Å². The maximum atomic E-state index is 12.9. The molecule has 0 N–H and O–H groups in total. The Morgan fingerprint density at radius 1 is 1.23 bits per heavy atom. The summed E-state index contributed by atoms with van der Waals surface area (Å²) in [4.78, 5) is 18.9. The molecule has 1 fully saturated rings. The molecule has 1 saturated heterocycles. The summed E-state index contributed by atoms with van der Waals surface area (Å²) in [6, 6.07) is 7.71. The molecule has 2 unspecified atom stereocenters. The number of rotatable bonds is 4. The average Bonchev–Trinajstić information content (AvgIpc) is 2.60. The summed E-state index contributed by atoms with van der Waals surface area (Å²) in [5.41, 5.74) is 3.65. The zero-order valence-corrected chi connectivity index (χ0v) is 15.9. The van der Waals surface area contributed by atoms with Gasteiger partial charge in [-0.1, -0.05) is 6.07 Å². The predicted octanol–water partition coefficient (Wildman–Crippen LogP) is 3.53. The van der Waals surface area contributed by atoms with Crippen molar-refractivity contribution < 1.29 is 14.3 Å². The van der Waals surface area contributed by atoms with Crippen LogP contribution in [0.3, 0.4) is 0 Å². The second-order valence-corrected chi connectivity index (χ2v) is 7.06. The third kappa shape index (κ3) is 4.22. The number of hydrogen-bond acceptors (Lipinski definition) is 4. The van der Waals surface area contributed by atoms with Crippen LogP contribution in [-0.2, 0) is 11.3 Å². The highest BCUT2D eigenvalue weighted by atomic mass is 16.5. The first-order chi connectivity index (χ1) is 12.4. The number of carbonyl (C=O) groups excluding carboxylic acids is 1. The number of carbonyl (C=O) groups is 1. The molecule has 2 heterocycles. The lowest BCUT2D eigenvalue weighted by Crippen LogP contribution is -2.48. The largest absolute Gasteiger partial charge is 0.488 e. The SMILES string of the molecule is Cc1cc(C(=O)N2CC(C)OC(C)C2)cc(C)c1OCc1cccnc1. The number of ether oxygens (including phenoxy) is 2. The van der Waals surface area contributed by atoms with Crippen LogP contribution >= 0.6 is 0 Å². The van der Waals surface area contributed by atoms with Crippen LogP contribution in [0.15, 0.2) is 36.7 Å². The summed E-state index contributed by atoms with van der Waals surface area (Å²) >= 11 is 0. The second-order valence-electron chi connectivity index (χ2n) is 7.06. The minimum Gasteiger partial charge on any atom is -0.488 e. The van der Waals surface area contributed by atoms with Gasteiger partial charge in [0.05, 0.1) is 12.2 Å². The molecule has 5 nitrogen and oxygen atoms in total. The first kappa shape index (κ1) is 18.4. The van der Waals surface area contributed by atoms with Crippen molar-refractivity contribution in [3.05, 3.63) is 58.9 Å². The van der Waals surface area contributed by atoms with Gasteiger partial charge in [0.25, 0.3) is 5.91 Å². The van der Waals surface area contributed by atoms with Gasteiger partial charge in [-0.2, -0.15) is 0 Å². The van der Waals surface area contributed by atoms with Crippen molar-refractivity contribution >= 4 is 5.91 Å². The fourth-order valence-corrected chi connectivity index (χ4v) is 3.47. The van der Waals surface area contributed by atoms with Crippen LogP contribution in [0.25, 0.3) is 0 Å². The van der Waals surface area contributed by atoms with E-state index in [1.54, 1.807) is 12.4 Å².